The molecule has 1 saturated carbocycles. The lowest BCUT2D eigenvalue weighted by Gasteiger charge is -2.37. The van der Waals surface area contributed by atoms with Crippen LogP contribution in [0.5, 0.6) is 5.75 Å². The van der Waals surface area contributed by atoms with Crippen molar-refractivity contribution in [2.75, 3.05) is 27.9 Å². The Morgan fingerprint density at radius 1 is 1.24 bits per heavy atom. The number of fused-ring (bicyclic) bond motifs is 2. The molecule has 2 N–H and O–H groups in total. The number of H-pyrrole nitrogens is 1. The van der Waals surface area contributed by atoms with Gasteiger partial charge in [-0.05, 0) is 49.8 Å². The van der Waals surface area contributed by atoms with Gasteiger partial charge in [0, 0.05) is 48.0 Å². The van der Waals surface area contributed by atoms with Crippen molar-refractivity contribution in [3.05, 3.63) is 47.5 Å². The maximum absolute atomic E-state index is 14.5. The number of aliphatic carboxylic acids is 1. The maximum atomic E-state index is 14.5. The Morgan fingerprint density at radius 2 is 1.97 bits per heavy atom. The molecule has 202 valence electrons. The van der Waals surface area contributed by atoms with Crippen molar-refractivity contribution in [2.24, 2.45) is 0 Å². The standard InChI is InChI=1S/C28H33FN4O5/c1-27(2,15-36-3)24-22(16-8-10-28(38-5,11-9-16)26(34)35)23-20(12-17-14-30-32-25(17)31-23)33(24)18-6-7-19(29)21(13-18)37-4/h6-7,12-14,16H,8-11,15H2,1-5H3,(H,34,35)(H,30,31,32). The van der Waals surface area contributed by atoms with E-state index in [-0.39, 0.29) is 11.7 Å². The van der Waals surface area contributed by atoms with Crippen LogP contribution in [0.25, 0.3) is 27.8 Å². The van der Waals surface area contributed by atoms with Crippen molar-refractivity contribution in [2.45, 2.75) is 56.5 Å². The van der Waals surface area contributed by atoms with Crippen LogP contribution in [0, 0.1) is 5.82 Å². The van der Waals surface area contributed by atoms with E-state index in [0.29, 0.717) is 37.9 Å². The number of aromatic nitrogens is 4. The van der Waals surface area contributed by atoms with E-state index < -0.39 is 22.8 Å². The fourth-order valence-corrected chi connectivity index (χ4v) is 6.01. The van der Waals surface area contributed by atoms with Crippen LogP contribution in [0.2, 0.25) is 0 Å². The molecule has 9 nitrogen and oxygen atoms in total. The van der Waals surface area contributed by atoms with E-state index in [1.165, 1.54) is 20.3 Å². The summed E-state index contributed by atoms with van der Waals surface area (Å²) in [5.41, 5.74) is 3.41. The third-order valence-electron chi connectivity index (χ3n) is 7.90. The van der Waals surface area contributed by atoms with Gasteiger partial charge in [0.1, 0.15) is 0 Å². The van der Waals surface area contributed by atoms with Crippen LogP contribution in [-0.2, 0) is 19.7 Å². The molecule has 1 fully saturated rings. The second-order valence-corrected chi connectivity index (χ2v) is 10.7. The number of carboxylic acids is 1. The second-order valence-electron chi connectivity index (χ2n) is 10.7. The summed E-state index contributed by atoms with van der Waals surface area (Å²) in [5, 5.41) is 17.9. The molecule has 1 aliphatic rings. The van der Waals surface area contributed by atoms with Crippen molar-refractivity contribution in [3.63, 3.8) is 0 Å². The molecule has 0 spiro atoms. The number of nitrogens with zero attached hydrogens (tertiary/aromatic N) is 3. The summed E-state index contributed by atoms with van der Waals surface area (Å²) < 4.78 is 33.0. The zero-order valence-electron chi connectivity index (χ0n) is 22.3. The third-order valence-corrected chi connectivity index (χ3v) is 7.90. The molecule has 1 aliphatic carbocycles. The van der Waals surface area contributed by atoms with Crippen LogP contribution in [-0.4, -0.2) is 64.4 Å². The van der Waals surface area contributed by atoms with E-state index in [0.717, 1.165) is 33.4 Å². The topological polar surface area (TPSA) is 111 Å². The number of aromatic amines is 1. The SMILES string of the molecule is COCC(C)(C)c1c(C2CCC(OC)(C(=O)O)CC2)c2nc3[nH]ncc3cc2n1-c1ccc(F)c(OC)c1. The Balaban J connectivity index is 1.81. The van der Waals surface area contributed by atoms with Crippen LogP contribution in [0.1, 0.15) is 56.7 Å². The molecule has 0 amide bonds. The van der Waals surface area contributed by atoms with Gasteiger partial charge in [-0.15, -0.1) is 0 Å². The van der Waals surface area contributed by atoms with Gasteiger partial charge in [0.15, 0.2) is 22.8 Å². The van der Waals surface area contributed by atoms with E-state index in [1.807, 2.05) is 6.07 Å². The number of carboxylic acid groups (broad SMARTS) is 1. The number of methoxy groups -OCH3 is 3. The second kappa shape index (κ2) is 9.67. The largest absolute Gasteiger partial charge is 0.494 e. The maximum Gasteiger partial charge on any atom is 0.335 e. The highest BCUT2D eigenvalue weighted by Gasteiger charge is 2.45. The van der Waals surface area contributed by atoms with Gasteiger partial charge in [0.25, 0.3) is 0 Å². The minimum atomic E-state index is -1.19. The Kier molecular flexibility index (Phi) is 6.65. The zero-order chi connectivity index (χ0) is 27.2. The molecule has 3 heterocycles. The average molecular weight is 525 g/mol. The lowest BCUT2D eigenvalue weighted by atomic mass is 9.73. The number of pyridine rings is 1. The van der Waals surface area contributed by atoms with Gasteiger partial charge >= 0.3 is 5.97 Å². The minimum Gasteiger partial charge on any atom is -0.494 e. The van der Waals surface area contributed by atoms with Crippen LogP contribution in [0.4, 0.5) is 4.39 Å². The third kappa shape index (κ3) is 4.12. The van der Waals surface area contributed by atoms with Gasteiger partial charge in [-0.2, -0.15) is 5.10 Å². The molecule has 3 aromatic heterocycles. The van der Waals surface area contributed by atoms with Crippen molar-refractivity contribution in [3.8, 4) is 11.4 Å². The van der Waals surface area contributed by atoms with Gasteiger partial charge in [-0.25, -0.2) is 14.2 Å². The van der Waals surface area contributed by atoms with Gasteiger partial charge in [-0.1, -0.05) is 13.8 Å². The van der Waals surface area contributed by atoms with Crippen LogP contribution >= 0.6 is 0 Å². The first-order valence-corrected chi connectivity index (χ1v) is 12.7. The minimum absolute atomic E-state index is 0.0303. The van der Waals surface area contributed by atoms with E-state index in [4.69, 9.17) is 19.2 Å². The van der Waals surface area contributed by atoms with Crippen molar-refractivity contribution in [1.29, 1.82) is 0 Å². The van der Waals surface area contributed by atoms with E-state index in [9.17, 15) is 14.3 Å². The van der Waals surface area contributed by atoms with E-state index >= 15 is 0 Å². The summed E-state index contributed by atoms with van der Waals surface area (Å²) in [6, 6.07) is 6.85. The summed E-state index contributed by atoms with van der Waals surface area (Å²) in [6.45, 7) is 4.65. The number of nitrogens with one attached hydrogen (secondary N) is 1. The summed E-state index contributed by atoms with van der Waals surface area (Å²) >= 11 is 0. The highest BCUT2D eigenvalue weighted by molar-refractivity contribution is 5.94. The summed E-state index contributed by atoms with van der Waals surface area (Å²) in [6.07, 6.45) is 3.73. The number of halogens is 1. The number of benzene rings is 1. The molecule has 0 bridgehead atoms. The van der Waals surface area contributed by atoms with E-state index in [1.54, 1.807) is 25.4 Å². The molecule has 1 aromatic carbocycles. The smallest absolute Gasteiger partial charge is 0.335 e. The molecular weight excluding hydrogens is 491 g/mol. The molecule has 5 rings (SSSR count). The molecular formula is C28H33FN4O5. The van der Waals surface area contributed by atoms with Gasteiger partial charge in [0.2, 0.25) is 0 Å². The fourth-order valence-electron chi connectivity index (χ4n) is 6.01. The highest BCUT2D eigenvalue weighted by atomic mass is 19.1. The number of carbonyl (C=O) groups is 1. The Labute approximate surface area is 219 Å². The normalized spacial score (nSPS) is 20.3. The predicted octanol–water partition coefficient (Wildman–Crippen LogP) is 5.10. The Morgan fingerprint density at radius 3 is 2.61 bits per heavy atom. The van der Waals surface area contributed by atoms with Crippen molar-refractivity contribution < 1.29 is 28.5 Å². The Hall–Kier alpha value is -3.50. The number of hydrogen-bond acceptors (Lipinski definition) is 6. The summed E-state index contributed by atoms with van der Waals surface area (Å²) in [4.78, 5) is 17.1. The van der Waals surface area contributed by atoms with Crippen molar-refractivity contribution in [1.82, 2.24) is 19.7 Å². The summed E-state index contributed by atoms with van der Waals surface area (Å²) in [7, 11) is 4.58. The molecule has 0 atom stereocenters. The Bertz CT molecular complexity index is 1500. The van der Waals surface area contributed by atoms with E-state index in [2.05, 4.69) is 28.6 Å². The first kappa shape index (κ1) is 26.1. The zero-order valence-corrected chi connectivity index (χ0v) is 22.3. The molecule has 0 saturated heterocycles. The molecule has 38 heavy (non-hydrogen) atoms. The first-order valence-electron chi connectivity index (χ1n) is 12.7. The fraction of sp³-hybridized carbons (Fsp3) is 0.464. The predicted molar refractivity (Wildman–Crippen MR) is 141 cm³/mol. The van der Waals surface area contributed by atoms with Gasteiger partial charge < -0.3 is 23.9 Å². The van der Waals surface area contributed by atoms with Crippen molar-refractivity contribution >= 4 is 28.0 Å². The number of rotatable bonds is 8. The van der Waals surface area contributed by atoms with Crippen LogP contribution in [0.15, 0.2) is 30.5 Å². The van der Waals surface area contributed by atoms with Crippen LogP contribution in [0.3, 0.4) is 0 Å². The van der Waals surface area contributed by atoms with Crippen LogP contribution < -0.4 is 4.74 Å². The quantitative estimate of drug-likeness (QED) is 0.330. The van der Waals surface area contributed by atoms with Gasteiger partial charge in [0.05, 0.1) is 30.9 Å². The average Bonchev–Trinajstić information content (AvgIpc) is 3.50. The number of ether oxygens (including phenoxy) is 3. The summed E-state index contributed by atoms with van der Waals surface area (Å²) in [5.74, 6) is -1.21. The highest BCUT2D eigenvalue weighted by Crippen LogP contribution is 2.48. The molecule has 10 heteroatoms. The first-order chi connectivity index (χ1) is 18.2. The molecule has 4 aromatic rings. The number of hydrogen-bond donors (Lipinski definition) is 2. The van der Waals surface area contributed by atoms with Gasteiger partial charge in [-0.3, -0.25) is 5.10 Å². The molecule has 0 aliphatic heterocycles. The lowest BCUT2D eigenvalue weighted by molar-refractivity contribution is -0.166. The monoisotopic (exact) mass is 524 g/mol. The molecule has 0 unspecified atom stereocenters. The lowest BCUT2D eigenvalue weighted by Crippen LogP contribution is -2.43. The molecule has 0 radical (unpaired) electrons.